The molecule has 0 nitrogen and oxygen atoms in total. The molecule has 40 valence electrons. The van der Waals surface area contributed by atoms with Crippen LogP contribution in [0.15, 0.2) is 0 Å². The molecule has 0 aliphatic rings. The average molecular weight is 364 g/mol. The van der Waals surface area contributed by atoms with Gasteiger partial charge in [-0.15, -0.1) is 0 Å². The first-order valence-electron chi connectivity index (χ1n) is 1.82. The standard InChI is InChI=1S/2CH3.3S.2Sn/h2*1H3;;;;;. The first kappa shape index (κ1) is 9.39. The monoisotopic (exact) mass is 366 g/mol. The minimum atomic E-state index is -1.20. The molecule has 0 heterocycles. The second-order valence-electron chi connectivity index (χ2n) is 1.09. The molecule has 0 amide bonds. The molecular weight excluding hydrogens is 358 g/mol. The molecule has 7 heavy (non-hydrogen) atoms. The molecule has 0 rings (SSSR count). The Bertz CT molecular complexity index is 87.1. The molecule has 0 saturated carbocycles. The Morgan fingerprint density at radius 1 is 1.14 bits per heavy atom. The predicted molar refractivity (Wildman–Crippen MR) is 46.0 cm³/mol. The summed E-state index contributed by atoms with van der Waals surface area (Å²) >= 11 is -2.41. The van der Waals surface area contributed by atoms with Gasteiger partial charge in [-0.1, -0.05) is 0 Å². The molecule has 5 heteroatoms. The van der Waals surface area contributed by atoms with Crippen molar-refractivity contribution >= 4 is 57.6 Å². The van der Waals surface area contributed by atoms with Crippen LogP contribution in [0.4, 0.5) is 0 Å². The van der Waals surface area contributed by atoms with Crippen LogP contribution in [-0.4, -0.2) is 32.9 Å². The summed E-state index contributed by atoms with van der Waals surface area (Å²) in [6, 6.07) is 0. The third-order valence-corrected chi connectivity index (χ3v) is 61.3. The van der Waals surface area contributed by atoms with Crippen LogP contribution in [0.2, 0.25) is 9.88 Å². The number of hydrogen-bond acceptors (Lipinski definition) is 3. The normalized spacial score (nSPS) is 8.29. The van der Waals surface area contributed by atoms with Gasteiger partial charge in [0.15, 0.2) is 0 Å². The third kappa shape index (κ3) is 8.39. The Morgan fingerprint density at radius 2 is 1.43 bits per heavy atom. The Kier molecular flexibility index (Phi) is 6.97. The Balaban J connectivity index is 3.32. The zero-order valence-corrected chi connectivity index (χ0v) is 12.4. The van der Waals surface area contributed by atoms with Gasteiger partial charge in [-0.05, 0) is 0 Å². The van der Waals surface area contributed by atoms with Crippen molar-refractivity contribution in [1.29, 1.82) is 0 Å². The van der Waals surface area contributed by atoms with E-state index in [4.69, 9.17) is 18.6 Å². The fraction of sp³-hybridized carbons (Fsp3) is 1.00. The Hall–Kier alpha value is 2.39. The molecule has 0 aliphatic heterocycles. The number of hydrogen-bond donors (Lipinski definition) is 0. The second kappa shape index (κ2) is 5.19. The maximum absolute atomic E-state index is 5.10. The third-order valence-electron chi connectivity index (χ3n) is 0.287. The van der Waals surface area contributed by atoms with Crippen LogP contribution in [0.5, 0.6) is 0 Å². The fourth-order valence-corrected chi connectivity index (χ4v) is 68.2. The van der Waals surface area contributed by atoms with Gasteiger partial charge in [0.1, 0.15) is 0 Å². The van der Waals surface area contributed by atoms with Crippen molar-refractivity contribution in [2.45, 2.75) is 9.88 Å². The van der Waals surface area contributed by atoms with Gasteiger partial charge in [0.2, 0.25) is 0 Å². The van der Waals surface area contributed by atoms with Gasteiger partial charge in [0.05, 0.1) is 0 Å². The molecule has 0 atom stereocenters. The molecule has 0 N–H and O–H groups in total. The van der Waals surface area contributed by atoms with Crippen molar-refractivity contribution in [3.05, 3.63) is 0 Å². The molecule has 0 radical (unpaired) electrons. The minimum absolute atomic E-state index is 1.20. The van der Waals surface area contributed by atoms with Crippen LogP contribution < -0.4 is 0 Å². The van der Waals surface area contributed by atoms with E-state index in [1.54, 1.807) is 0 Å². The van der Waals surface area contributed by atoms with Crippen molar-refractivity contribution in [1.82, 2.24) is 0 Å². The van der Waals surface area contributed by atoms with E-state index in [2.05, 4.69) is 9.88 Å². The molecule has 0 bridgehead atoms. The summed E-state index contributed by atoms with van der Waals surface area (Å²) < 4.78 is 0. The van der Waals surface area contributed by atoms with Crippen LogP contribution in [-0.2, 0) is 0 Å². The quantitative estimate of drug-likeness (QED) is 0.691. The van der Waals surface area contributed by atoms with E-state index in [9.17, 15) is 0 Å². The molecule has 0 aromatic carbocycles. The van der Waals surface area contributed by atoms with E-state index >= 15 is 0 Å². The zero-order chi connectivity index (χ0) is 5.86. The molecule has 0 fully saturated rings. The summed E-state index contributed by atoms with van der Waals surface area (Å²) in [5, 5.41) is 0. The van der Waals surface area contributed by atoms with E-state index in [1.165, 1.54) is 0 Å². The topological polar surface area (TPSA) is 0 Å². The molecule has 0 unspecified atom stereocenters. The Morgan fingerprint density at radius 3 is 1.43 bits per heavy atom. The SMILES string of the molecule is [CH3][Sn](=[S])[S][Sn]([CH3])=[S]. The summed E-state index contributed by atoms with van der Waals surface area (Å²) in [5.41, 5.74) is 0. The first-order valence-corrected chi connectivity index (χ1v) is 23.1. The van der Waals surface area contributed by atoms with Crippen molar-refractivity contribution in [2.24, 2.45) is 0 Å². The van der Waals surface area contributed by atoms with Crippen molar-refractivity contribution in [3.63, 3.8) is 0 Å². The fourth-order valence-electron chi connectivity index (χ4n) is 0.202. The van der Waals surface area contributed by atoms with Gasteiger partial charge in [0, 0.05) is 0 Å². The Labute approximate surface area is 66.1 Å². The van der Waals surface area contributed by atoms with Gasteiger partial charge in [0.25, 0.3) is 0 Å². The van der Waals surface area contributed by atoms with Crippen LogP contribution >= 0.6 is 24.7 Å². The van der Waals surface area contributed by atoms with E-state index < -0.39 is 32.9 Å². The molecule has 0 aromatic rings. The summed E-state index contributed by atoms with van der Waals surface area (Å²) in [4.78, 5) is 4.44. The van der Waals surface area contributed by atoms with Gasteiger partial charge >= 0.3 is 67.5 Å². The van der Waals surface area contributed by atoms with Crippen molar-refractivity contribution in [2.75, 3.05) is 0 Å². The van der Waals surface area contributed by atoms with E-state index in [0.717, 1.165) is 0 Å². The first-order chi connectivity index (χ1) is 3.13. The van der Waals surface area contributed by atoms with Crippen molar-refractivity contribution in [3.8, 4) is 0 Å². The molecule has 0 spiro atoms. The van der Waals surface area contributed by atoms with Gasteiger partial charge in [-0.25, -0.2) is 0 Å². The predicted octanol–water partition coefficient (Wildman–Crippen LogP) is 2.35. The van der Waals surface area contributed by atoms with Gasteiger partial charge in [-0.3, -0.25) is 0 Å². The molecule has 0 aromatic heterocycles. The number of rotatable bonds is 2. The van der Waals surface area contributed by atoms with Crippen LogP contribution in [0.3, 0.4) is 0 Å². The molecule has 0 aliphatic carbocycles. The average Bonchev–Trinajstić information content (AvgIpc) is 1.27. The van der Waals surface area contributed by atoms with Crippen molar-refractivity contribution < 1.29 is 0 Å². The van der Waals surface area contributed by atoms with E-state index in [1.807, 2.05) is 6.13 Å². The van der Waals surface area contributed by atoms with Gasteiger partial charge < -0.3 is 0 Å². The zero-order valence-electron chi connectivity index (χ0n) is 4.22. The summed E-state index contributed by atoms with van der Waals surface area (Å²) in [7, 11) is 10.2. The van der Waals surface area contributed by atoms with E-state index in [-0.39, 0.29) is 0 Å². The van der Waals surface area contributed by atoms with E-state index in [0.29, 0.717) is 0 Å². The second-order valence-corrected chi connectivity index (χ2v) is 40.3. The van der Waals surface area contributed by atoms with Crippen LogP contribution in [0.25, 0.3) is 0 Å². The van der Waals surface area contributed by atoms with Crippen LogP contribution in [0.1, 0.15) is 0 Å². The maximum atomic E-state index is 5.10. The molecule has 0 saturated heterocycles. The summed E-state index contributed by atoms with van der Waals surface area (Å²) in [6.07, 6.45) is 2.03. The van der Waals surface area contributed by atoms with Gasteiger partial charge in [-0.2, -0.15) is 0 Å². The molecular formula is C2H6S3Sn2. The summed E-state index contributed by atoms with van der Waals surface area (Å²) in [6.45, 7) is 0. The van der Waals surface area contributed by atoms with Crippen LogP contribution in [0, 0.1) is 0 Å². The summed E-state index contributed by atoms with van der Waals surface area (Å²) in [5.74, 6) is 0.